The minimum Gasteiger partial charge on any atom is -0.337 e. The Hall–Kier alpha value is -3.78. The lowest BCUT2D eigenvalue weighted by Crippen LogP contribution is -2.21. The van der Waals surface area contributed by atoms with E-state index in [1.165, 1.54) is 17.1 Å². The molecule has 5 rings (SSSR count). The van der Waals surface area contributed by atoms with E-state index in [1.807, 2.05) is 50.2 Å². The standard InChI is InChI=1S/C22H17ClN6O2/c1-13-5-3-4-6-16(13)20-26-19(31-27-20)11-28-12-24-21-17(22(28)30)10-25-29(21)18-9-15(23)8-7-14(18)2/h3-10,12H,11H2,1-2H3. The number of hydrogen-bond donors (Lipinski definition) is 0. The van der Waals surface area contributed by atoms with Gasteiger partial charge in [-0.2, -0.15) is 10.1 Å². The van der Waals surface area contributed by atoms with Crippen LogP contribution in [0.4, 0.5) is 0 Å². The smallest absolute Gasteiger partial charge is 0.264 e. The molecule has 0 atom stereocenters. The van der Waals surface area contributed by atoms with E-state index in [0.29, 0.717) is 27.8 Å². The number of halogens is 1. The molecule has 0 N–H and O–H groups in total. The third-order valence-corrected chi connectivity index (χ3v) is 5.35. The Balaban J connectivity index is 1.50. The molecule has 0 unspecified atom stereocenters. The summed E-state index contributed by atoms with van der Waals surface area (Å²) < 4.78 is 8.41. The number of hydrogen-bond acceptors (Lipinski definition) is 6. The molecule has 0 saturated carbocycles. The van der Waals surface area contributed by atoms with Crippen LogP contribution in [0.15, 0.2) is 64.3 Å². The lowest BCUT2D eigenvalue weighted by Gasteiger charge is -2.08. The van der Waals surface area contributed by atoms with E-state index < -0.39 is 0 Å². The molecule has 0 saturated heterocycles. The van der Waals surface area contributed by atoms with Crippen molar-refractivity contribution in [3.05, 3.63) is 87.4 Å². The molecule has 0 spiro atoms. The number of fused-ring (bicyclic) bond motifs is 1. The fourth-order valence-corrected chi connectivity index (χ4v) is 3.61. The van der Waals surface area contributed by atoms with Crippen molar-refractivity contribution in [2.24, 2.45) is 0 Å². The SMILES string of the molecule is Cc1ccccc1-c1noc(Cn2cnc3c(cnn3-c3cc(Cl)ccc3C)c2=O)n1. The van der Waals surface area contributed by atoms with E-state index >= 15 is 0 Å². The van der Waals surface area contributed by atoms with Gasteiger partial charge in [0.25, 0.3) is 5.56 Å². The van der Waals surface area contributed by atoms with Crippen molar-refractivity contribution in [3.63, 3.8) is 0 Å². The predicted molar refractivity (Wildman–Crippen MR) is 116 cm³/mol. The first-order valence-electron chi connectivity index (χ1n) is 9.59. The summed E-state index contributed by atoms with van der Waals surface area (Å²) in [4.78, 5) is 21.9. The monoisotopic (exact) mass is 432 g/mol. The van der Waals surface area contributed by atoms with Crippen LogP contribution in [0, 0.1) is 13.8 Å². The Morgan fingerprint density at radius 1 is 1.10 bits per heavy atom. The van der Waals surface area contributed by atoms with Crippen LogP contribution in [0.5, 0.6) is 0 Å². The fourth-order valence-electron chi connectivity index (χ4n) is 3.45. The van der Waals surface area contributed by atoms with Gasteiger partial charge in [-0.25, -0.2) is 9.67 Å². The van der Waals surface area contributed by atoms with Crippen LogP contribution in [-0.2, 0) is 6.54 Å². The second-order valence-electron chi connectivity index (χ2n) is 7.23. The fraction of sp³-hybridized carbons (Fsp3) is 0.136. The lowest BCUT2D eigenvalue weighted by atomic mass is 10.1. The topological polar surface area (TPSA) is 91.6 Å². The minimum absolute atomic E-state index is 0.113. The Bertz CT molecular complexity index is 1480. The summed E-state index contributed by atoms with van der Waals surface area (Å²) in [5.74, 6) is 0.805. The van der Waals surface area contributed by atoms with Gasteiger partial charge >= 0.3 is 0 Å². The Morgan fingerprint density at radius 3 is 2.77 bits per heavy atom. The average Bonchev–Trinajstić information content (AvgIpc) is 3.40. The molecule has 8 nitrogen and oxygen atoms in total. The Kier molecular flexibility index (Phi) is 4.63. The average molecular weight is 433 g/mol. The Morgan fingerprint density at radius 2 is 1.94 bits per heavy atom. The zero-order valence-corrected chi connectivity index (χ0v) is 17.5. The van der Waals surface area contributed by atoms with Gasteiger partial charge < -0.3 is 4.52 Å². The molecule has 0 bridgehead atoms. The molecule has 3 aromatic heterocycles. The van der Waals surface area contributed by atoms with Crippen LogP contribution in [-0.4, -0.2) is 29.5 Å². The number of rotatable bonds is 4. The lowest BCUT2D eigenvalue weighted by molar-refractivity contribution is 0.369. The minimum atomic E-state index is -0.244. The van der Waals surface area contributed by atoms with Gasteiger partial charge in [0.2, 0.25) is 11.7 Å². The number of benzene rings is 2. The number of aromatic nitrogens is 6. The molecule has 5 aromatic rings. The molecule has 0 aliphatic rings. The van der Waals surface area contributed by atoms with Crippen LogP contribution in [0.1, 0.15) is 17.0 Å². The van der Waals surface area contributed by atoms with Gasteiger partial charge in [-0.15, -0.1) is 0 Å². The van der Waals surface area contributed by atoms with E-state index in [4.69, 9.17) is 16.1 Å². The number of aryl methyl sites for hydroxylation is 2. The van der Waals surface area contributed by atoms with E-state index in [9.17, 15) is 4.79 Å². The first kappa shape index (κ1) is 19.2. The summed E-state index contributed by atoms with van der Waals surface area (Å²) in [6.07, 6.45) is 2.97. The van der Waals surface area contributed by atoms with Crippen molar-refractivity contribution in [1.29, 1.82) is 0 Å². The van der Waals surface area contributed by atoms with Gasteiger partial charge in [0, 0.05) is 10.6 Å². The van der Waals surface area contributed by atoms with Crippen LogP contribution in [0.2, 0.25) is 5.02 Å². The first-order chi connectivity index (χ1) is 15.0. The van der Waals surface area contributed by atoms with Crippen LogP contribution in [0.3, 0.4) is 0 Å². The molecule has 0 fully saturated rings. The third kappa shape index (κ3) is 3.40. The van der Waals surface area contributed by atoms with Gasteiger partial charge in [-0.1, -0.05) is 47.1 Å². The van der Waals surface area contributed by atoms with Gasteiger partial charge in [-0.05, 0) is 37.1 Å². The molecule has 0 amide bonds. The van der Waals surface area contributed by atoms with Crippen LogP contribution >= 0.6 is 11.6 Å². The molecular weight excluding hydrogens is 416 g/mol. The summed E-state index contributed by atoms with van der Waals surface area (Å²) in [6, 6.07) is 13.3. The van der Waals surface area contributed by atoms with Crippen molar-refractivity contribution in [2.75, 3.05) is 0 Å². The van der Waals surface area contributed by atoms with E-state index in [-0.39, 0.29) is 12.1 Å². The van der Waals surface area contributed by atoms with Crippen LogP contribution in [0.25, 0.3) is 28.1 Å². The van der Waals surface area contributed by atoms with E-state index in [0.717, 1.165) is 22.4 Å². The first-order valence-corrected chi connectivity index (χ1v) is 9.97. The summed E-state index contributed by atoms with van der Waals surface area (Å²) in [5, 5.41) is 9.38. The third-order valence-electron chi connectivity index (χ3n) is 5.11. The van der Waals surface area contributed by atoms with Gasteiger partial charge in [0.15, 0.2) is 5.65 Å². The van der Waals surface area contributed by atoms with E-state index in [2.05, 4.69) is 20.2 Å². The van der Waals surface area contributed by atoms with Gasteiger partial charge in [0.05, 0.1) is 11.9 Å². The Labute approximate surface area is 181 Å². The molecule has 0 radical (unpaired) electrons. The van der Waals surface area contributed by atoms with Gasteiger partial charge in [-0.3, -0.25) is 9.36 Å². The normalized spacial score (nSPS) is 11.3. The molecule has 31 heavy (non-hydrogen) atoms. The van der Waals surface area contributed by atoms with Crippen molar-refractivity contribution >= 4 is 22.6 Å². The highest BCUT2D eigenvalue weighted by Gasteiger charge is 2.16. The summed E-state index contributed by atoms with van der Waals surface area (Å²) in [5.41, 5.74) is 3.88. The second-order valence-corrected chi connectivity index (χ2v) is 7.67. The molecule has 0 aliphatic heterocycles. The summed E-state index contributed by atoms with van der Waals surface area (Å²) >= 11 is 6.14. The van der Waals surface area contributed by atoms with Gasteiger partial charge in [0.1, 0.15) is 18.3 Å². The van der Waals surface area contributed by atoms with Crippen molar-refractivity contribution in [1.82, 2.24) is 29.5 Å². The molecule has 2 aromatic carbocycles. The zero-order valence-electron chi connectivity index (χ0n) is 16.8. The predicted octanol–water partition coefficient (Wildman–Crippen LogP) is 3.95. The zero-order chi connectivity index (χ0) is 21.5. The summed E-state index contributed by atoms with van der Waals surface area (Å²) in [6.45, 7) is 4.04. The highest BCUT2D eigenvalue weighted by Crippen LogP contribution is 2.22. The maximum Gasteiger partial charge on any atom is 0.264 e. The summed E-state index contributed by atoms with van der Waals surface area (Å²) in [7, 11) is 0. The molecule has 9 heteroatoms. The second kappa shape index (κ2) is 7.48. The quantitative estimate of drug-likeness (QED) is 0.427. The van der Waals surface area contributed by atoms with E-state index in [1.54, 1.807) is 10.7 Å². The van der Waals surface area contributed by atoms with Crippen molar-refractivity contribution in [3.8, 4) is 17.1 Å². The van der Waals surface area contributed by atoms with Crippen molar-refractivity contribution in [2.45, 2.75) is 20.4 Å². The highest BCUT2D eigenvalue weighted by atomic mass is 35.5. The maximum absolute atomic E-state index is 13.0. The molecule has 0 aliphatic carbocycles. The molecule has 154 valence electrons. The molecular formula is C22H17ClN6O2. The largest absolute Gasteiger partial charge is 0.337 e. The highest BCUT2D eigenvalue weighted by molar-refractivity contribution is 6.30. The number of nitrogens with zero attached hydrogens (tertiary/aromatic N) is 6. The van der Waals surface area contributed by atoms with Crippen molar-refractivity contribution < 1.29 is 4.52 Å². The van der Waals surface area contributed by atoms with Crippen LogP contribution < -0.4 is 5.56 Å². The maximum atomic E-state index is 13.0. The molecule has 3 heterocycles.